The number of benzene rings is 2. The van der Waals surface area contributed by atoms with Crippen LogP contribution in [0.5, 0.6) is 0 Å². The van der Waals surface area contributed by atoms with Crippen LogP contribution in [0.3, 0.4) is 0 Å². The van der Waals surface area contributed by atoms with Crippen molar-refractivity contribution in [2.45, 2.75) is 33.0 Å². The van der Waals surface area contributed by atoms with E-state index in [9.17, 15) is 14.4 Å². The molecule has 0 spiro atoms. The summed E-state index contributed by atoms with van der Waals surface area (Å²) in [6.07, 6.45) is 0.188. The molecule has 2 aromatic carbocycles. The van der Waals surface area contributed by atoms with E-state index in [4.69, 9.17) is 5.73 Å². The van der Waals surface area contributed by atoms with E-state index in [1.54, 1.807) is 27.3 Å². The summed E-state index contributed by atoms with van der Waals surface area (Å²) in [5.74, 6) is -0.672. The molecule has 0 saturated heterocycles. The van der Waals surface area contributed by atoms with E-state index < -0.39 is 5.91 Å². The van der Waals surface area contributed by atoms with Crippen molar-refractivity contribution in [1.82, 2.24) is 14.5 Å². The molecule has 3 N–H and O–H groups in total. The number of fused-ring (bicyclic) bond motifs is 1. The van der Waals surface area contributed by atoms with Crippen molar-refractivity contribution < 1.29 is 9.59 Å². The van der Waals surface area contributed by atoms with Gasteiger partial charge >= 0.3 is 5.69 Å². The van der Waals surface area contributed by atoms with Crippen LogP contribution in [0.4, 0.5) is 0 Å². The minimum absolute atomic E-state index is 0.111. The predicted molar refractivity (Wildman–Crippen MR) is 103 cm³/mol. The second kappa shape index (κ2) is 7.90. The van der Waals surface area contributed by atoms with Gasteiger partial charge in [0, 0.05) is 31.6 Å². The van der Waals surface area contributed by atoms with Gasteiger partial charge in [-0.25, -0.2) is 4.79 Å². The Labute approximate surface area is 156 Å². The number of carbonyl (C=O) groups is 2. The molecule has 0 fully saturated rings. The molecule has 140 valence electrons. The number of para-hydroxylation sites is 2. The number of nitrogens with two attached hydrogens (primary N) is 1. The third-order valence-electron chi connectivity index (χ3n) is 4.51. The topological polar surface area (TPSA) is 99.1 Å². The Morgan fingerprint density at radius 1 is 1.04 bits per heavy atom. The van der Waals surface area contributed by atoms with Gasteiger partial charge in [-0.05, 0) is 36.8 Å². The Balaban J connectivity index is 1.66. The first-order valence-corrected chi connectivity index (χ1v) is 8.84. The van der Waals surface area contributed by atoms with Gasteiger partial charge in [-0.2, -0.15) is 0 Å². The van der Waals surface area contributed by atoms with Crippen molar-refractivity contribution in [3.63, 3.8) is 0 Å². The molecule has 3 rings (SSSR count). The van der Waals surface area contributed by atoms with E-state index in [2.05, 4.69) is 5.32 Å². The summed E-state index contributed by atoms with van der Waals surface area (Å²) in [6, 6.07) is 14.4. The van der Waals surface area contributed by atoms with E-state index in [0.717, 1.165) is 16.6 Å². The van der Waals surface area contributed by atoms with Gasteiger partial charge in [-0.3, -0.25) is 18.7 Å². The lowest BCUT2D eigenvalue weighted by molar-refractivity contribution is -0.121. The normalized spacial score (nSPS) is 10.9. The Kier molecular flexibility index (Phi) is 5.40. The SMILES string of the molecule is CCn1c(=O)n(CCC(=O)NCc2cccc(C(N)=O)c2)c2ccccc21. The molecule has 0 aliphatic rings. The van der Waals surface area contributed by atoms with Crippen LogP contribution in [0.25, 0.3) is 11.0 Å². The Morgan fingerprint density at radius 3 is 2.41 bits per heavy atom. The molecule has 0 aliphatic carbocycles. The number of rotatable bonds is 7. The molecule has 7 heteroatoms. The third kappa shape index (κ3) is 3.92. The van der Waals surface area contributed by atoms with Crippen LogP contribution in [0.2, 0.25) is 0 Å². The molecule has 1 heterocycles. The largest absolute Gasteiger partial charge is 0.366 e. The highest BCUT2D eigenvalue weighted by atomic mass is 16.2. The van der Waals surface area contributed by atoms with E-state index in [0.29, 0.717) is 25.2 Å². The summed E-state index contributed by atoms with van der Waals surface area (Å²) >= 11 is 0. The lowest BCUT2D eigenvalue weighted by Gasteiger charge is -2.07. The Hall–Kier alpha value is -3.35. The fraction of sp³-hybridized carbons (Fsp3) is 0.250. The first kappa shape index (κ1) is 18.4. The smallest absolute Gasteiger partial charge is 0.329 e. The summed E-state index contributed by atoms with van der Waals surface area (Å²) < 4.78 is 3.33. The average Bonchev–Trinajstić information content (AvgIpc) is 2.95. The highest BCUT2D eigenvalue weighted by molar-refractivity contribution is 5.92. The van der Waals surface area contributed by atoms with E-state index in [1.807, 2.05) is 37.3 Å². The quantitative estimate of drug-likeness (QED) is 0.665. The molecule has 0 atom stereocenters. The minimum Gasteiger partial charge on any atom is -0.366 e. The fourth-order valence-corrected chi connectivity index (χ4v) is 3.13. The van der Waals surface area contributed by atoms with Gasteiger partial charge in [-0.1, -0.05) is 24.3 Å². The molecule has 0 radical (unpaired) electrons. The molecule has 1 aromatic heterocycles. The molecule has 7 nitrogen and oxygen atoms in total. The monoisotopic (exact) mass is 366 g/mol. The third-order valence-corrected chi connectivity index (χ3v) is 4.51. The van der Waals surface area contributed by atoms with E-state index in [-0.39, 0.29) is 18.0 Å². The summed E-state index contributed by atoms with van der Waals surface area (Å²) in [4.78, 5) is 36.0. The lowest BCUT2D eigenvalue weighted by atomic mass is 10.1. The van der Waals surface area contributed by atoms with Gasteiger partial charge in [0.1, 0.15) is 0 Å². The number of nitrogens with one attached hydrogen (secondary N) is 1. The van der Waals surface area contributed by atoms with Crippen molar-refractivity contribution in [2.75, 3.05) is 0 Å². The first-order valence-electron chi connectivity index (χ1n) is 8.84. The van der Waals surface area contributed by atoms with Crippen molar-refractivity contribution in [3.05, 3.63) is 70.1 Å². The van der Waals surface area contributed by atoms with Crippen LogP contribution in [0.1, 0.15) is 29.3 Å². The number of amides is 2. The van der Waals surface area contributed by atoms with Gasteiger partial charge < -0.3 is 11.1 Å². The van der Waals surface area contributed by atoms with Crippen molar-refractivity contribution in [2.24, 2.45) is 5.73 Å². The molecule has 27 heavy (non-hydrogen) atoms. The van der Waals surface area contributed by atoms with Gasteiger partial charge in [-0.15, -0.1) is 0 Å². The number of nitrogens with zero attached hydrogens (tertiary/aromatic N) is 2. The Morgan fingerprint density at radius 2 is 1.74 bits per heavy atom. The van der Waals surface area contributed by atoms with Crippen LogP contribution < -0.4 is 16.7 Å². The highest BCUT2D eigenvalue weighted by Crippen LogP contribution is 2.13. The van der Waals surface area contributed by atoms with Crippen molar-refractivity contribution in [1.29, 1.82) is 0 Å². The van der Waals surface area contributed by atoms with Crippen LogP contribution >= 0.6 is 0 Å². The number of carbonyl (C=O) groups excluding carboxylic acids is 2. The molecular weight excluding hydrogens is 344 g/mol. The zero-order valence-electron chi connectivity index (χ0n) is 15.1. The molecule has 0 aliphatic heterocycles. The zero-order chi connectivity index (χ0) is 19.4. The molecule has 0 unspecified atom stereocenters. The second-order valence-electron chi connectivity index (χ2n) is 6.26. The highest BCUT2D eigenvalue weighted by Gasteiger charge is 2.12. The van der Waals surface area contributed by atoms with E-state index >= 15 is 0 Å². The summed E-state index contributed by atoms with van der Waals surface area (Å²) in [7, 11) is 0. The average molecular weight is 366 g/mol. The zero-order valence-corrected chi connectivity index (χ0v) is 15.1. The summed E-state index contributed by atoms with van der Waals surface area (Å²) in [5.41, 5.74) is 8.04. The lowest BCUT2D eigenvalue weighted by Crippen LogP contribution is -2.28. The number of aryl methyl sites for hydroxylation is 2. The number of aromatic nitrogens is 2. The van der Waals surface area contributed by atoms with Gasteiger partial charge in [0.2, 0.25) is 11.8 Å². The van der Waals surface area contributed by atoms with Crippen molar-refractivity contribution in [3.8, 4) is 0 Å². The maximum absolute atomic E-state index is 12.6. The molecule has 2 amide bonds. The molecular formula is C20H22N4O3. The summed E-state index contributed by atoms with van der Waals surface area (Å²) in [6.45, 7) is 3.10. The molecule has 0 bridgehead atoms. The summed E-state index contributed by atoms with van der Waals surface area (Å²) in [5, 5.41) is 2.81. The van der Waals surface area contributed by atoms with Crippen molar-refractivity contribution >= 4 is 22.8 Å². The van der Waals surface area contributed by atoms with Crippen LogP contribution in [0, 0.1) is 0 Å². The molecule has 0 saturated carbocycles. The van der Waals surface area contributed by atoms with Crippen LogP contribution in [0.15, 0.2) is 53.3 Å². The predicted octanol–water partition coefficient (Wildman–Crippen LogP) is 1.63. The Bertz CT molecular complexity index is 1050. The number of primary amides is 1. The molecule has 3 aromatic rings. The standard InChI is InChI=1S/C20H22N4O3/c1-2-23-16-8-3-4-9-17(16)24(20(23)27)11-10-18(25)22-13-14-6-5-7-15(12-14)19(21)26/h3-9,12H,2,10-11,13H2,1H3,(H2,21,26)(H,22,25). The minimum atomic E-state index is -0.505. The van der Waals surface area contributed by atoms with Gasteiger partial charge in [0.25, 0.3) is 0 Å². The number of hydrogen-bond acceptors (Lipinski definition) is 3. The number of imidazole rings is 1. The van der Waals surface area contributed by atoms with Crippen LogP contribution in [-0.2, 0) is 24.4 Å². The van der Waals surface area contributed by atoms with Gasteiger partial charge in [0.05, 0.1) is 11.0 Å². The fourth-order valence-electron chi connectivity index (χ4n) is 3.13. The van der Waals surface area contributed by atoms with Crippen LogP contribution in [-0.4, -0.2) is 20.9 Å². The maximum Gasteiger partial charge on any atom is 0.329 e. The maximum atomic E-state index is 12.6. The first-order chi connectivity index (χ1) is 13.0. The van der Waals surface area contributed by atoms with Gasteiger partial charge in [0.15, 0.2) is 0 Å². The van der Waals surface area contributed by atoms with E-state index in [1.165, 1.54) is 0 Å². The second-order valence-corrected chi connectivity index (χ2v) is 6.26. The number of hydrogen-bond donors (Lipinski definition) is 2.